The van der Waals surface area contributed by atoms with Crippen molar-refractivity contribution >= 4 is 28.6 Å². The second-order valence-corrected chi connectivity index (χ2v) is 6.66. The van der Waals surface area contributed by atoms with E-state index in [1.807, 2.05) is 12.1 Å². The molecule has 0 aliphatic rings. The number of rotatable bonds is 7. The summed E-state index contributed by atoms with van der Waals surface area (Å²) in [5, 5.41) is 1.01. The summed E-state index contributed by atoms with van der Waals surface area (Å²) < 4.78 is 11.5. The Labute approximate surface area is 160 Å². The molecule has 0 aliphatic heterocycles. The molecule has 0 unspecified atom stereocenters. The average molecular weight is 385 g/mol. The molecule has 7 nitrogen and oxygen atoms in total. The van der Waals surface area contributed by atoms with E-state index >= 15 is 0 Å². The zero-order valence-electron chi connectivity index (χ0n) is 15.0. The van der Waals surface area contributed by atoms with Crippen LogP contribution >= 0.6 is 11.8 Å². The van der Waals surface area contributed by atoms with Gasteiger partial charge < -0.3 is 9.47 Å². The molecule has 0 saturated heterocycles. The molecule has 8 heteroatoms. The van der Waals surface area contributed by atoms with Crippen LogP contribution < -0.4 is 5.56 Å². The zero-order chi connectivity index (χ0) is 19.2. The lowest BCUT2D eigenvalue weighted by atomic mass is 10.1. The lowest BCUT2D eigenvalue weighted by Gasteiger charge is -2.13. The van der Waals surface area contributed by atoms with Crippen LogP contribution in [0, 0.1) is 0 Å². The molecule has 0 atom stereocenters. The van der Waals surface area contributed by atoms with Crippen molar-refractivity contribution in [3.8, 4) is 0 Å². The number of ether oxygens (including phenoxy) is 2. The number of hydrogen-bond donors (Lipinski definition) is 0. The van der Waals surface area contributed by atoms with Gasteiger partial charge in [-0.05, 0) is 29.8 Å². The Morgan fingerprint density at radius 1 is 1.26 bits per heavy atom. The van der Waals surface area contributed by atoms with Gasteiger partial charge in [-0.25, -0.2) is 9.78 Å². The highest BCUT2D eigenvalue weighted by Gasteiger charge is 2.14. The smallest absolute Gasteiger partial charge is 0.337 e. The van der Waals surface area contributed by atoms with E-state index < -0.39 is 5.97 Å². The molecule has 140 valence electrons. The fraction of sp³-hybridized carbons (Fsp3) is 0.263. The van der Waals surface area contributed by atoms with Gasteiger partial charge in [0.2, 0.25) is 0 Å². The summed E-state index contributed by atoms with van der Waals surface area (Å²) in [4.78, 5) is 33.5. The number of carbonyl (C=O) groups excluding carboxylic acids is 1. The van der Waals surface area contributed by atoms with Gasteiger partial charge in [0.25, 0.3) is 5.56 Å². The molecule has 0 bridgehead atoms. The van der Waals surface area contributed by atoms with Gasteiger partial charge in [-0.2, -0.15) is 0 Å². The number of fused-ring (bicyclic) bond motifs is 1. The fourth-order valence-corrected chi connectivity index (χ4v) is 3.53. The van der Waals surface area contributed by atoms with Gasteiger partial charge >= 0.3 is 5.97 Å². The molecule has 0 aliphatic carbocycles. The van der Waals surface area contributed by atoms with Crippen molar-refractivity contribution in [2.45, 2.75) is 17.5 Å². The summed E-state index contributed by atoms with van der Waals surface area (Å²) >= 11 is 1.44. The first-order valence-corrected chi connectivity index (χ1v) is 9.26. The molecule has 27 heavy (non-hydrogen) atoms. The molecule has 1 aromatic carbocycles. The van der Waals surface area contributed by atoms with Gasteiger partial charge in [-0.15, -0.1) is 0 Å². The van der Waals surface area contributed by atoms with E-state index in [2.05, 4.69) is 9.97 Å². The van der Waals surface area contributed by atoms with Gasteiger partial charge in [-0.1, -0.05) is 17.8 Å². The van der Waals surface area contributed by atoms with Gasteiger partial charge in [0.05, 0.1) is 36.7 Å². The summed E-state index contributed by atoms with van der Waals surface area (Å²) in [5.41, 5.74) is 1.68. The first-order chi connectivity index (χ1) is 13.1. The minimum atomic E-state index is -0.466. The molecule has 3 rings (SSSR count). The monoisotopic (exact) mass is 385 g/mol. The maximum Gasteiger partial charge on any atom is 0.337 e. The Kier molecular flexibility index (Phi) is 6.20. The number of nitrogens with zero attached hydrogens (tertiary/aromatic N) is 3. The van der Waals surface area contributed by atoms with Crippen molar-refractivity contribution in [3.05, 3.63) is 64.2 Å². The van der Waals surface area contributed by atoms with Crippen molar-refractivity contribution in [3.63, 3.8) is 0 Å². The summed E-state index contributed by atoms with van der Waals surface area (Å²) in [6.07, 6.45) is 3.49. The van der Waals surface area contributed by atoms with Crippen molar-refractivity contribution in [1.29, 1.82) is 0 Å². The molecule has 0 N–H and O–H groups in total. The molecule has 2 aromatic heterocycles. The first kappa shape index (κ1) is 19.1. The lowest BCUT2D eigenvalue weighted by Crippen LogP contribution is -2.25. The standard InChI is InChI=1S/C19H19N3O4S/c1-25-9-8-22-17(23)15-6-5-14(18(24)26-2)10-16(15)21-19(22)27-12-13-4-3-7-20-11-13/h3-7,10-11H,8-9,12H2,1-2H3. The highest BCUT2D eigenvalue weighted by Crippen LogP contribution is 2.22. The Bertz CT molecular complexity index is 1010. The normalized spacial score (nSPS) is 10.9. The lowest BCUT2D eigenvalue weighted by molar-refractivity contribution is 0.0601. The quantitative estimate of drug-likeness (QED) is 0.351. The summed E-state index contributed by atoms with van der Waals surface area (Å²) in [6, 6.07) is 8.59. The SMILES string of the molecule is COCCn1c(SCc2cccnc2)nc2cc(C(=O)OC)ccc2c1=O. The number of benzene rings is 1. The van der Waals surface area contributed by atoms with Crippen LogP contribution in [0.25, 0.3) is 10.9 Å². The topological polar surface area (TPSA) is 83.3 Å². The Morgan fingerprint density at radius 2 is 2.11 bits per heavy atom. The van der Waals surface area contributed by atoms with Crippen LogP contribution in [0.15, 0.2) is 52.7 Å². The van der Waals surface area contributed by atoms with E-state index in [0.29, 0.717) is 40.5 Å². The third kappa shape index (κ3) is 4.35. The average Bonchev–Trinajstić information content (AvgIpc) is 2.71. The molecule has 3 aromatic rings. The minimum Gasteiger partial charge on any atom is -0.465 e. The van der Waals surface area contributed by atoms with Crippen LogP contribution in [-0.2, 0) is 21.8 Å². The van der Waals surface area contributed by atoms with Crippen LogP contribution in [0.2, 0.25) is 0 Å². The van der Waals surface area contributed by atoms with Crippen LogP contribution in [0.3, 0.4) is 0 Å². The molecule has 0 radical (unpaired) electrons. The Hall–Kier alpha value is -2.71. The molecular weight excluding hydrogens is 366 g/mol. The number of esters is 1. The van der Waals surface area contributed by atoms with E-state index in [0.717, 1.165) is 5.56 Å². The van der Waals surface area contributed by atoms with Crippen LogP contribution in [0.5, 0.6) is 0 Å². The molecule has 0 amide bonds. The van der Waals surface area contributed by atoms with Gasteiger partial charge in [-0.3, -0.25) is 14.3 Å². The number of pyridine rings is 1. The first-order valence-electron chi connectivity index (χ1n) is 8.27. The van der Waals surface area contributed by atoms with Crippen molar-refractivity contribution in [2.24, 2.45) is 0 Å². The molecule has 0 saturated carbocycles. The van der Waals surface area contributed by atoms with E-state index in [-0.39, 0.29) is 5.56 Å². The van der Waals surface area contributed by atoms with Gasteiger partial charge in [0.1, 0.15) is 0 Å². The third-order valence-electron chi connectivity index (χ3n) is 3.95. The summed E-state index contributed by atoms with van der Waals surface area (Å²) in [7, 11) is 2.91. The predicted molar refractivity (Wildman–Crippen MR) is 103 cm³/mol. The second-order valence-electron chi connectivity index (χ2n) is 5.72. The number of thioether (sulfide) groups is 1. The molecule has 2 heterocycles. The van der Waals surface area contributed by atoms with Gasteiger partial charge in [0.15, 0.2) is 5.16 Å². The van der Waals surface area contributed by atoms with Crippen molar-refractivity contribution < 1.29 is 14.3 Å². The van der Waals surface area contributed by atoms with E-state index in [1.54, 1.807) is 42.3 Å². The molecular formula is C19H19N3O4S. The molecule has 0 fully saturated rings. The number of carbonyl (C=O) groups is 1. The predicted octanol–water partition coefficient (Wildman–Crippen LogP) is 2.52. The van der Waals surface area contributed by atoms with E-state index in [4.69, 9.17) is 9.47 Å². The van der Waals surface area contributed by atoms with Crippen LogP contribution in [-0.4, -0.2) is 41.3 Å². The summed E-state index contributed by atoms with van der Waals surface area (Å²) in [5.74, 6) is 0.155. The second kappa shape index (κ2) is 8.79. The summed E-state index contributed by atoms with van der Waals surface area (Å²) in [6.45, 7) is 0.792. The number of aromatic nitrogens is 3. The van der Waals surface area contributed by atoms with Crippen LogP contribution in [0.1, 0.15) is 15.9 Å². The number of methoxy groups -OCH3 is 2. The third-order valence-corrected chi connectivity index (χ3v) is 5.00. The van der Waals surface area contributed by atoms with Crippen molar-refractivity contribution in [1.82, 2.24) is 14.5 Å². The Morgan fingerprint density at radius 3 is 2.81 bits per heavy atom. The van der Waals surface area contributed by atoms with Gasteiger partial charge in [0, 0.05) is 25.3 Å². The van der Waals surface area contributed by atoms with Crippen molar-refractivity contribution in [2.75, 3.05) is 20.8 Å². The Balaban J connectivity index is 2.04. The van der Waals surface area contributed by atoms with Crippen LogP contribution in [0.4, 0.5) is 0 Å². The minimum absolute atomic E-state index is 0.165. The maximum absolute atomic E-state index is 12.9. The highest BCUT2D eigenvalue weighted by molar-refractivity contribution is 7.98. The maximum atomic E-state index is 12.9. The number of hydrogen-bond acceptors (Lipinski definition) is 7. The van der Waals surface area contributed by atoms with E-state index in [9.17, 15) is 9.59 Å². The highest BCUT2D eigenvalue weighted by atomic mass is 32.2. The fourth-order valence-electron chi connectivity index (χ4n) is 2.57. The van der Waals surface area contributed by atoms with E-state index in [1.165, 1.54) is 18.9 Å². The molecule has 0 spiro atoms. The zero-order valence-corrected chi connectivity index (χ0v) is 15.9. The largest absolute Gasteiger partial charge is 0.465 e.